The van der Waals surface area contributed by atoms with Crippen LogP contribution in [0.4, 0.5) is 0 Å². The molecule has 0 aliphatic rings. The third kappa shape index (κ3) is 3.68. The number of rotatable bonds is 4. The third-order valence-corrected chi connectivity index (χ3v) is 4.16. The molecule has 0 radical (unpaired) electrons. The standard InChI is InChI=1S/C15H14Br2/c16-11-14(13-4-2-1-3-5-13)10-12-6-8-15(17)9-7-12/h1-9,14H,10-11H2. The maximum Gasteiger partial charge on any atom is 0.0175 e. The zero-order chi connectivity index (χ0) is 12.1. The Morgan fingerprint density at radius 1 is 0.882 bits per heavy atom. The molecular formula is C15H14Br2. The summed E-state index contributed by atoms with van der Waals surface area (Å²) < 4.78 is 1.14. The van der Waals surface area contributed by atoms with Crippen LogP contribution in [-0.4, -0.2) is 5.33 Å². The average molecular weight is 354 g/mol. The van der Waals surface area contributed by atoms with Crippen molar-refractivity contribution in [2.45, 2.75) is 12.3 Å². The number of halogens is 2. The van der Waals surface area contributed by atoms with Gasteiger partial charge in [0, 0.05) is 9.80 Å². The molecular weight excluding hydrogens is 340 g/mol. The molecule has 0 aliphatic heterocycles. The second-order valence-corrected chi connectivity index (χ2v) is 5.66. The summed E-state index contributed by atoms with van der Waals surface area (Å²) in [6, 6.07) is 19.2. The Morgan fingerprint density at radius 2 is 1.53 bits per heavy atom. The molecule has 0 saturated heterocycles. The summed E-state index contributed by atoms with van der Waals surface area (Å²) in [5.41, 5.74) is 2.77. The zero-order valence-corrected chi connectivity index (χ0v) is 12.6. The number of alkyl halides is 1. The Morgan fingerprint density at radius 3 is 2.12 bits per heavy atom. The lowest BCUT2D eigenvalue weighted by Crippen LogP contribution is -2.04. The smallest absolute Gasteiger partial charge is 0.0175 e. The molecule has 0 amide bonds. The first-order chi connectivity index (χ1) is 8.29. The van der Waals surface area contributed by atoms with E-state index in [4.69, 9.17) is 0 Å². The van der Waals surface area contributed by atoms with Crippen molar-refractivity contribution in [2.24, 2.45) is 0 Å². The Balaban J connectivity index is 2.13. The highest BCUT2D eigenvalue weighted by molar-refractivity contribution is 9.10. The predicted molar refractivity (Wildman–Crippen MR) is 80.8 cm³/mol. The fourth-order valence-corrected chi connectivity index (χ4v) is 2.76. The molecule has 1 atom stereocenters. The van der Waals surface area contributed by atoms with Crippen molar-refractivity contribution < 1.29 is 0 Å². The SMILES string of the molecule is BrCC(Cc1ccc(Br)cc1)c1ccccc1. The molecule has 0 bridgehead atoms. The van der Waals surface area contributed by atoms with Crippen LogP contribution in [0.3, 0.4) is 0 Å². The van der Waals surface area contributed by atoms with E-state index in [-0.39, 0.29) is 0 Å². The fourth-order valence-electron chi connectivity index (χ4n) is 1.89. The summed E-state index contributed by atoms with van der Waals surface area (Å²) in [5, 5.41) is 0.993. The Bertz CT molecular complexity index is 448. The lowest BCUT2D eigenvalue weighted by atomic mass is 9.94. The molecule has 0 spiro atoms. The van der Waals surface area contributed by atoms with Crippen molar-refractivity contribution >= 4 is 31.9 Å². The third-order valence-electron chi connectivity index (χ3n) is 2.85. The molecule has 0 saturated carbocycles. The van der Waals surface area contributed by atoms with Crippen LogP contribution in [0.2, 0.25) is 0 Å². The van der Waals surface area contributed by atoms with E-state index in [9.17, 15) is 0 Å². The van der Waals surface area contributed by atoms with Gasteiger partial charge >= 0.3 is 0 Å². The second kappa shape index (κ2) is 6.36. The van der Waals surface area contributed by atoms with E-state index in [2.05, 4.69) is 86.5 Å². The Labute approximate surface area is 119 Å². The van der Waals surface area contributed by atoms with Gasteiger partial charge in [-0.25, -0.2) is 0 Å². The first-order valence-corrected chi connectivity index (χ1v) is 7.56. The monoisotopic (exact) mass is 352 g/mol. The van der Waals surface area contributed by atoms with Crippen molar-refractivity contribution in [3.05, 3.63) is 70.2 Å². The highest BCUT2D eigenvalue weighted by atomic mass is 79.9. The van der Waals surface area contributed by atoms with Gasteiger partial charge in [-0.1, -0.05) is 74.3 Å². The van der Waals surface area contributed by atoms with E-state index in [1.54, 1.807) is 0 Å². The van der Waals surface area contributed by atoms with Crippen LogP contribution in [0.1, 0.15) is 17.0 Å². The van der Waals surface area contributed by atoms with E-state index < -0.39 is 0 Å². The van der Waals surface area contributed by atoms with Crippen molar-refractivity contribution in [1.82, 2.24) is 0 Å². The van der Waals surface area contributed by atoms with Gasteiger partial charge in [0.15, 0.2) is 0 Å². The van der Waals surface area contributed by atoms with Gasteiger partial charge in [0.1, 0.15) is 0 Å². The van der Waals surface area contributed by atoms with Crippen molar-refractivity contribution in [1.29, 1.82) is 0 Å². The first kappa shape index (κ1) is 12.8. The molecule has 0 N–H and O–H groups in total. The lowest BCUT2D eigenvalue weighted by Gasteiger charge is -2.14. The van der Waals surface area contributed by atoms with Gasteiger partial charge in [0.2, 0.25) is 0 Å². The van der Waals surface area contributed by atoms with E-state index in [1.807, 2.05) is 0 Å². The maximum atomic E-state index is 3.62. The van der Waals surface area contributed by atoms with Crippen LogP contribution >= 0.6 is 31.9 Å². The van der Waals surface area contributed by atoms with Gasteiger partial charge in [-0.2, -0.15) is 0 Å². The van der Waals surface area contributed by atoms with Crippen LogP contribution in [-0.2, 0) is 6.42 Å². The first-order valence-electron chi connectivity index (χ1n) is 5.65. The van der Waals surface area contributed by atoms with Gasteiger partial charge in [-0.15, -0.1) is 0 Å². The topological polar surface area (TPSA) is 0 Å². The lowest BCUT2D eigenvalue weighted by molar-refractivity contribution is 0.775. The van der Waals surface area contributed by atoms with Gasteiger partial charge < -0.3 is 0 Å². The largest absolute Gasteiger partial charge is 0.0921 e. The minimum Gasteiger partial charge on any atom is -0.0921 e. The van der Waals surface area contributed by atoms with E-state index in [0.29, 0.717) is 5.92 Å². The highest BCUT2D eigenvalue weighted by Crippen LogP contribution is 2.23. The van der Waals surface area contributed by atoms with E-state index in [1.165, 1.54) is 11.1 Å². The Hall–Kier alpha value is -0.600. The summed E-state index contributed by atoms with van der Waals surface area (Å²) in [6.45, 7) is 0. The van der Waals surface area contributed by atoms with E-state index >= 15 is 0 Å². The van der Waals surface area contributed by atoms with Gasteiger partial charge in [-0.05, 0) is 35.6 Å². The number of benzene rings is 2. The molecule has 2 aromatic rings. The summed E-state index contributed by atoms with van der Waals surface area (Å²) in [7, 11) is 0. The van der Waals surface area contributed by atoms with Crippen molar-refractivity contribution in [3.63, 3.8) is 0 Å². The number of hydrogen-bond donors (Lipinski definition) is 0. The summed E-state index contributed by atoms with van der Waals surface area (Å²) in [6.07, 6.45) is 1.07. The van der Waals surface area contributed by atoms with Crippen LogP contribution < -0.4 is 0 Å². The average Bonchev–Trinajstić information content (AvgIpc) is 2.39. The minimum absolute atomic E-state index is 0.539. The molecule has 0 fully saturated rings. The molecule has 0 nitrogen and oxygen atoms in total. The van der Waals surface area contributed by atoms with Gasteiger partial charge in [0.05, 0.1) is 0 Å². The number of hydrogen-bond acceptors (Lipinski definition) is 0. The molecule has 2 heteroatoms. The summed E-state index contributed by atoms with van der Waals surface area (Å²) >= 11 is 7.08. The highest BCUT2D eigenvalue weighted by Gasteiger charge is 2.10. The van der Waals surface area contributed by atoms with Crippen LogP contribution in [0.15, 0.2) is 59.1 Å². The summed E-state index contributed by atoms with van der Waals surface area (Å²) in [5.74, 6) is 0.539. The molecule has 88 valence electrons. The fraction of sp³-hybridized carbons (Fsp3) is 0.200. The van der Waals surface area contributed by atoms with Gasteiger partial charge in [-0.3, -0.25) is 0 Å². The minimum atomic E-state index is 0.539. The normalized spacial score (nSPS) is 12.4. The van der Waals surface area contributed by atoms with Crippen molar-refractivity contribution in [2.75, 3.05) is 5.33 Å². The van der Waals surface area contributed by atoms with Crippen molar-refractivity contribution in [3.8, 4) is 0 Å². The molecule has 0 heterocycles. The molecule has 1 unspecified atom stereocenters. The predicted octanol–water partition coefficient (Wildman–Crippen LogP) is 5.17. The molecule has 0 aromatic heterocycles. The quantitative estimate of drug-likeness (QED) is 0.665. The molecule has 2 rings (SSSR count). The maximum absolute atomic E-state index is 3.62. The molecule has 17 heavy (non-hydrogen) atoms. The van der Waals surface area contributed by atoms with Crippen LogP contribution in [0.5, 0.6) is 0 Å². The second-order valence-electron chi connectivity index (χ2n) is 4.09. The van der Waals surface area contributed by atoms with Crippen LogP contribution in [0.25, 0.3) is 0 Å². The van der Waals surface area contributed by atoms with E-state index in [0.717, 1.165) is 16.2 Å². The van der Waals surface area contributed by atoms with Crippen LogP contribution in [0, 0.1) is 0 Å². The zero-order valence-electron chi connectivity index (χ0n) is 9.44. The summed E-state index contributed by atoms with van der Waals surface area (Å²) in [4.78, 5) is 0. The van der Waals surface area contributed by atoms with Gasteiger partial charge in [0.25, 0.3) is 0 Å². The molecule has 2 aromatic carbocycles. The Kier molecular flexibility index (Phi) is 4.81. The molecule has 0 aliphatic carbocycles.